The Bertz CT molecular complexity index is 288. The molecule has 2 fully saturated rings. The largest absolute Gasteiger partial charge is 0.341 e. The fourth-order valence-electron chi connectivity index (χ4n) is 2.33. The lowest BCUT2D eigenvalue weighted by atomic mass is 9.69. The molecule has 0 aromatic carbocycles. The topological polar surface area (TPSA) is 44.1 Å². The molecule has 1 amide bonds. The molecule has 14 heavy (non-hydrogen) atoms. The van der Waals surface area contributed by atoms with E-state index in [0.717, 1.165) is 38.8 Å². The van der Waals surface area contributed by atoms with Gasteiger partial charge in [0, 0.05) is 13.1 Å². The van der Waals surface area contributed by atoms with Gasteiger partial charge in [0.2, 0.25) is 5.91 Å². The van der Waals surface area contributed by atoms with Gasteiger partial charge < -0.3 is 4.90 Å². The number of rotatable bonds is 1. The maximum absolute atomic E-state index is 12.0. The molecule has 3 heteroatoms. The smallest absolute Gasteiger partial charge is 0.243 e. The second kappa shape index (κ2) is 3.27. The molecule has 0 aromatic rings. The molecule has 1 aliphatic carbocycles. The lowest BCUT2D eigenvalue weighted by Gasteiger charge is -2.36. The SMILES string of the molecule is CC1CCN(C(=O)C2(C#N)CCC2)C1. The molecule has 0 bridgehead atoms. The number of carbonyl (C=O) groups excluding carboxylic acids is 1. The highest BCUT2D eigenvalue weighted by atomic mass is 16.2. The Balaban J connectivity index is 2.05. The first-order valence-corrected chi connectivity index (χ1v) is 5.38. The maximum atomic E-state index is 12.0. The van der Waals surface area contributed by atoms with E-state index in [0.29, 0.717) is 5.92 Å². The van der Waals surface area contributed by atoms with Gasteiger partial charge in [-0.1, -0.05) is 6.92 Å². The van der Waals surface area contributed by atoms with Crippen LogP contribution < -0.4 is 0 Å². The predicted molar refractivity (Wildman–Crippen MR) is 52.3 cm³/mol. The van der Waals surface area contributed by atoms with Crippen LogP contribution in [0, 0.1) is 22.7 Å². The van der Waals surface area contributed by atoms with Gasteiger partial charge in [0.05, 0.1) is 6.07 Å². The summed E-state index contributed by atoms with van der Waals surface area (Å²) in [5.74, 6) is 0.699. The van der Waals surface area contributed by atoms with E-state index >= 15 is 0 Å². The fourth-order valence-corrected chi connectivity index (χ4v) is 2.33. The van der Waals surface area contributed by atoms with Crippen molar-refractivity contribution in [3.63, 3.8) is 0 Å². The van der Waals surface area contributed by atoms with Crippen LogP contribution >= 0.6 is 0 Å². The van der Waals surface area contributed by atoms with Crippen molar-refractivity contribution in [3.05, 3.63) is 0 Å². The van der Waals surface area contributed by atoms with Gasteiger partial charge in [0.1, 0.15) is 5.41 Å². The predicted octanol–water partition coefficient (Wildman–Crippen LogP) is 1.55. The molecule has 0 spiro atoms. The summed E-state index contributed by atoms with van der Waals surface area (Å²) in [7, 11) is 0. The number of likely N-dealkylation sites (tertiary alicyclic amines) is 1. The number of nitriles is 1. The Morgan fingerprint density at radius 3 is 2.64 bits per heavy atom. The van der Waals surface area contributed by atoms with Crippen LogP contribution in [0.15, 0.2) is 0 Å². The molecule has 1 saturated carbocycles. The Labute approximate surface area is 84.7 Å². The average Bonchev–Trinajstić information content (AvgIpc) is 2.50. The van der Waals surface area contributed by atoms with Crippen LogP contribution in [0.4, 0.5) is 0 Å². The number of amides is 1. The van der Waals surface area contributed by atoms with E-state index in [-0.39, 0.29) is 5.91 Å². The van der Waals surface area contributed by atoms with Crippen molar-refractivity contribution in [2.24, 2.45) is 11.3 Å². The molecule has 3 nitrogen and oxygen atoms in total. The minimum Gasteiger partial charge on any atom is -0.341 e. The molecule has 2 rings (SSSR count). The van der Waals surface area contributed by atoms with Crippen LogP contribution in [-0.4, -0.2) is 23.9 Å². The number of hydrogen-bond acceptors (Lipinski definition) is 2. The first-order valence-electron chi connectivity index (χ1n) is 5.38. The summed E-state index contributed by atoms with van der Waals surface area (Å²) in [4.78, 5) is 13.9. The van der Waals surface area contributed by atoms with Crippen molar-refractivity contribution in [1.82, 2.24) is 4.90 Å². The van der Waals surface area contributed by atoms with Gasteiger partial charge in [-0.05, 0) is 31.6 Å². The van der Waals surface area contributed by atoms with E-state index in [1.165, 1.54) is 0 Å². The van der Waals surface area contributed by atoms with E-state index in [1.54, 1.807) is 0 Å². The molecule has 0 N–H and O–H groups in total. The molecule has 1 unspecified atom stereocenters. The third-order valence-corrected chi connectivity index (χ3v) is 3.54. The fraction of sp³-hybridized carbons (Fsp3) is 0.818. The lowest BCUT2D eigenvalue weighted by Crippen LogP contribution is -2.46. The third-order valence-electron chi connectivity index (χ3n) is 3.54. The normalized spacial score (nSPS) is 29.4. The summed E-state index contributed by atoms with van der Waals surface area (Å²) in [6.45, 7) is 3.86. The monoisotopic (exact) mass is 192 g/mol. The molecule has 1 atom stereocenters. The van der Waals surface area contributed by atoms with E-state index in [9.17, 15) is 4.79 Å². The molecule has 1 heterocycles. The zero-order valence-corrected chi connectivity index (χ0v) is 8.62. The summed E-state index contributed by atoms with van der Waals surface area (Å²) in [6.07, 6.45) is 3.66. The van der Waals surface area contributed by atoms with Crippen LogP contribution in [0.1, 0.15) is 32.6 Å². The highest BCUT2D eigenvalue weighted by molar-refractivity contribution is 5.86. The molecule has 0 aromatic heterocycles. The third kappa shape index (κ3) is 1.30. The summed E-state index contributed by atoms with van der Waals surface area (Å²) in [6, 6.07) is 2.22. The Kier molecular flexibility index (Phi) is 2.22. The summed E-state index contributed by atoms with van der Waals surface area (Å²) < 4.78 is 0. The van der Waals surface area contributed by atoms with Gasteiger partial charge >= 0.3 is 0 Å². The highest BCUT2D eigenvalue weighted by Gasteiger charge is 2.47. The van der Waals surface area contributed by atoms with Crippen LogP contribution in [0.3, 0.4) is 0 Å². The zero-order chi connectivity index (χ0) is 10.2. The number of carbonyl (C=O) groups is 1. The van der Waals surface area contributed by atoms with Crippen LogP contribution in [0.2, 0.25) is 0 Å². The molecular formula is C11H16N2O. The molecule has 1 saturated heterocycles. The summed E-state index contributed by atoms with van der Waals surface area (Å²) in [5, 5.41) is 9.04. The highest BCUT2D eigenvalue weighted by Crippen LogP contribution is 2.42. The first-order chi connectivity index (χ1) is 6.68. The molecule has 0 radical (unpaired) electrons. The van der Waals surface area contributed by atoms with E-state index in [1.807, 2.05) is 4.90 Å². The summed E-state index contributed by atoms with van der Waals surface area (Å²) >= 11 is 0. The van der Waals surface area contributed by atoms with Crippen molar-refractivity contribution in [3.8, 4) is 6.07 Å². The van der Waals surface area contributed by atoms with Crippen LogP contribution in [-0.2, 0) is 4.79 Å². The molecular weight excluding hydrogens is 176 g/mol. The van der Waals surface area contributed by atoms with Gasteiger partial charge in [-0.2, -0.15) is 5.26 Å². The van der Waals surface area contributed by atoms with Gasteiger partial charge in [-0.25, -0.2) is 0 Å². The Hall–Kier alpha value is -1.04. The standard InChI is InChI=1S/C11H16N2O/c1-9-3-6-13(7-9)10(14)11(8-12)4-2-5-11/h9H,2-7H2,1H3. The van der Waals surface area contributed by atoms with E-state index in [4.69, 9.17) is 5.26 Å². The van der Waals surface area contributed by atoms with Crippen molar-refractivity contribution in [1.29, 1.82) is 5.26 Å². The molecule has 1 aliphatic heterocycles. The number of hydrogen-bond donors (Lipinski definition) is 0. The number of nitrogens with zero attached hydrogens (tertiary/aromatic N) is 2. The van der Waals surface area contributed by atoms with Crippen molar-refractivity contribution < 1.29 is 4.79 Å². The van der Waals surface area contributed by atoms with Gasteiger partial charge in [0.25, 0.3) is 0 Å². The first kappa shape index (κ1) is 9.51. The quantitative estimate of drug-likeness (QED) is 0.632. The lowest BCUT2D eigenvalue weighted by molar-refractivity contribution is -0.141. The Morgan fingerprint density at radius 2 is 2.29 bits per heavy atom. The van der Waals surface area contributed by atoms with Crippen molar-refractivity contribution >= 4 is 5.91 Å². The minimum atomic E-state index is -0.635. The van der Waals surface area contributed by atoms with Crippen LogP contribution in [0.25, 0.3) is 0 Å². The van der Waals surface area contributed by atoms with Crippen LogP contribution in [0.5, 0.6) is 0 Å². The summed E-state index contributed by atoms with van der Waals surface area (Å²) in [5.41, 5.74) is -0.635. The second-order valence-corrected chi connectivity index (χ2v) is 4.69. The van der Waals surface area contributed by atoms with Crippen molar-refractivity contribution in [2.45, 2.75) is 32.6 Å². The van der Waals surface area contributed by atoms with Gasteiger partial charge in [0.15, 0.2) is 0 Å². The van der Waals surface area contributed by atoms with E-state index in [2.05, 4.69) is 13.0 Å². The average molecular weight is 192 g/mol. The van der Waals surface area contributed by atoms with Gasteiger partial charge in [-0.15, -0.1) is 0 Å². The van der Waals surface area contributed by atoms with E-state index < -0.39 is 5.41 Å². The zero-order valence-electron chi connectivity index (χ0n) is 8.62. The second-order valence-electron chi connectivity index (χ2n) is 4.69. The van der Waals surface area contributed by atoms with Gasteiger partial charge in [-0.3, -0.25) is 4.79 Å². The molecule has 2 aliphatic rings. The minimum absolute atomic E-state index is 0.0931. The van der Waals surface area contributed by atoms with Crippen molar-refractivity contribution in [2.75, 3.05) is 13.1 Å². The maximum Gasteiger partial charge on any atom is 0.243 e. The Morgan fingerprint density at radius 1 is 1.57 bits per heavy atom. The molecule has 76 valence electrons.